The maximum Gasteiger partial charge on any atom is 0.303 e. The summed E-state index contributed by atoms with van der Waals surface area (Å²) in [5.74, 6) is -2.06. The number of carboxylic acids is 1. The van der Waals surface area contributed by atoms with Gasteiger partial charge in [0.1, 0.15) is 5.92 Å². The number of aliphatic carboxylic acids is 1. The summed E-state index contributed by atoms with van der Waals surface area (Å²) >= 11 is 2.50. The van der Waals surface area contributed by atoms with Crippen LogP contribution in [-0.4, -0.2) is 53.8 Å². The molecule has 2 aliphatic rings. The lowest BCUT2D eigenvalue weighted by Gasteiger charge is -2.14. The fraction of sp³-hybridized carbons (Fsp3) is 0.350. The first kappa shape index (κ1) is 25.1. The van der Waals surface area contributed by atoms with Gasteiger partial charge in [0.15, 0.2) is 5.17 Å². The normalized spacial score (nSPS) is 18.0. The summed E-state index contributed by atoms with van der Waals surface area (Å²) in [6.45, 7) is 3.83. The van der Waals surface area contributed by atoms with Crippen LogP contribution in [0.2, 0.25) is 0 Å². The highest BCUT2D eigenvalue weighted by molar-refractivity contribution is 8.18. The molecule has 1 atom stereocenters. The molecule has 0 aromatic heterocycles. The van der Waals surface area contributed by atoms with Gasteiger partial charge in [0.2, 0.25) is 15.9 Å². The molecule has 176 valence electrons. The quantitative estimate of drug-likeness (QED) is 0.428. The molecule has 0 spiro atoms. The highest BCUT2D eigenvalue weighted by Gasteiger charge is 2.36. The summed E-state index contributed by atoms with van der Waals surface area (Å²) < 4.78 is 26.8. The fourth-order valence-corrected chi connectivity index (χ4v) is 5.88. The van der Waals surface area contributed by atoms with Crippen LogP contribution in [0, 0.1) is 5.92 Å². The summed E-state index contributed by atoms with van der Waals surface area (Å²) in [4.78, 5) is 44.5. The van der Waals surface area contributed by atoms with Crippen molar-refractivity contribution >= 4 is 67.2 Å². The number of amides is 2. The third kappa shape index (κ3) is 6.53. The van der Waals surface area contributed by atoms with Crippen LogP contribution < -0.4 is 10.0 Å². The number of hydrogen-bond donors (Lipinski definition) is 3. The Hall–Kier alpha value is -2.48. The maximum absolute atomic E-state index is 12.3. The SMILES string of the molecule is CC1=C(C)C2C(=O)N=C(SCC(=O)Nc3ccc(S(=O)(=O)NCCCC(=O)O)cc3)N=C2S1. The average molecular weight is 511 g/mol. The Labute approximate surface area is 199 Å². The Bertz CT molecular complexity index is 1170. The molecule has 1 aromatic carbocycles. The number of nitrogens with zero attached hydrogens (tertiary/aromatic N) is 2. The molecule has 10 nitrogen and oxygen atoms in total. The van der Waals surface area contributed by atoms with Crippen LogP contribution in [0.15, 0.2) is 49.6 Å². The molecule has 0 bridgehead atoms. The van der Waals surface area contributed by atoms with E-state index in [-0.39, 0.29) is 47.0 Å². The second kappa shape index (κ2) is 10.6. The molecule has 0 saturated carbocycles. The van der Waals surface area contributed by atoms with Gasteiger partial charge in [0.25, 0.3) is 5.91 Å². The standard InChI is InChI=1S/C20H22N4O6S3/c1-11-12(2)32-19-17(11)18(28)23-20(24-19)31-10-15(25)22-13-5-7-14(8-6-13)33(29,30)21-9-3-4-16(26)27/h5-8,17,21H,3-4,9-10H2,1-2H3,(H,22,25)(H,26,27). The largest absolute Gasteiger partial charge is 0.481 e. The van der Waals surface area contributed by atoms with Crippen molar-refractivity contribution in [2.75, 3.05) is 17.6 Å². The van der Waals surface area contributed by atoms with Crippen molar-refractivity contribution in [2.45, 2.75) is 31.6 Å². The summed E-state index contributed by atoms with van der Waals surface area (Å²) in [6, 6.07) is 5.58. The Kier molecular flexibility index (Phi) is 8.10. The van der Waals surface area contributed by atoms with E-state index in [0.29, 0.717) is 10.7 Å². The number of rotatable bonds is 9. The second-order valence-electron chi connectivity index (χ2n) is 7.21. The molecule has 13 heteroatoms. The molecule has 3 rings (SSSR count). The molecule has 0 radical (unpaired) electrons. The van der Waals surface area contributed by atoms with E-state index in [4.69, 9.17) is 5.11 Å². The Morgan fingerprint density at radius 1 is 1.18 bits per heavy atom. The number of anilines is 1. The third-order valence-electron chi connectivity index (χ3n) is 4.79. The maximum atomic E-state index is 12.3. The van der Waals surface area contributed by atoms with Gasteiger partial charge < -0.3 is 10.4 Å². The van der Waals surface area contributed by atoms with E-state index >= 15 is 0 Å². The Morgan fingerprint density at radius 3 is 2.55 bits per heavy atom. The van der Waals surface area contributed by atoms with Gasteiger partial charge in [-0.1, -0.05) is 23.5 Å². The number of nitrogens with one attached hydrogen (secondary N) is 2. The molecular formula is C20H22N4O6S3. The van der Waals surface area contributed by atoms with Crippen LogP contribution in [0.25, 0.3) is 0 Å². The third-order valence-corrected chi connectivity index (χ3v) is 8.28. The van der Waals surface area contributed by atoms with Gasteiger partial charge in [-0.25, -0.2) is 18.1 Å². The van der Waals surface area contributed by atoms with Crippen LogP contribution in [0.4, 0.5) is 5.69 Å². The number of carbonyl (C=O) groups excluding carboxylic acids is 2. The molecule has 0 fully saturated rings. The fourth-order valence-electron chi connectivity index (χ4n) is 2.98. The van der Waals surface area contributed by atoms with Crippen LogP contribution >= 0.6 is 23.5 Å². The predicted octanol–water partition coefficient (Wildman–Crippen LogP) is 2.45. The van der Waals surface area contributed by atoms with Gasteiger partial charge in [-0.3, -0.25) is 14.4 Å². The van der Waals surface area contributed by atoms with Gasteiger partial charge in [0.05, 0.1) is 15.7 Å². The van der Waals surface area contributed by atoms with E-state index in [1.165, 1.54) is 36.0 Å². The zero-order valence-electron chi connectivity index (χ0n) is 17.8. The van der Waals surface area contributed by atoms with Crippen LogP contribution in [-0.2, 0) is 24.4 Å². The number of sulfonamides is 1. The Morgan fingerprint density at radius 2 is 1.88 bits per heavy atom. The zero-order valence-corrected chi connectivity index (χ0v) is 20.3. The second-order valence-corrected chi connectivity index (χ2v) is 11.2. The number of aliphatic imine (C=N–C) groups is 2. The topological polar surface area (TPSA) is 154 Å². The molecule has 2 heterocycles. The number of thioether (sulfide) groups is 2. The summed E-state index contributed by atoms with van der Waals surface area (Å²) in [6.07, 6.45) is 0.0478. The minimum Gasteiger partial charge on any atom is -0.481 e. The minimum absolute atomic E-state index is 0.00101. The van der Waals surface area contributed by atoms with Gasteiger partial charge in [-0.15, -0.1) is 0 Å². The van der Waals surface area contributed by atoms with Crippen molar-refractivity contribution in [1.29, 1.82) is 0 Å². The molecule has 2 amide bonds. The number of benzene rings is 1. The molecule has 2 aliphatic heterocycles. The van der Waals surface area contributed by atoms with Crippen LogP contribution in [0.3, 0.4) is 0 Å². The monoisotopic (exact) mass is 510 g/mol. The molecule has 3 N–H and O–H groups in total. The first-order valence-electron chi connectivity index (χ1n) is 9.87. The van der Waals surface area contributed by atoms with Gasteiger partial charge in [-0.05, 0) is 55.0 Å². The van der Waals surface area contributed by atoms with Gasteiger partial charge in [-0.2, -0.15) is 4.99 Å². The average Bonchev–Trinajstić information content (AvgIpc) is 3.04. The van der Waals surface area contributed by atoms with Gasteiger partial charge in [0, 0.05) is 18.7 Å². The van der Waals surface area contributed by atoms with Gasteiger partial charge >= 0.3 is 5.97 Å². The summed E-state index contributed by atoms with van der Waals surface area (Å²) in [5.41, 5.74) is 1.36. The molecule has 0 saturated heterocycles. The number of amidine groups is 1. The molecule has 1 aromatic rings. The van der Waals surface area contributed by atoms with Crippen LogP contribution in [0.1, 0.15) is 26.7 Å². The lowest BCUT2D eigenvalue weighted by atomic mass is 10.0. The van der Waals surface area contributed by atoms with Crippen molar-refractivity contribution in [3.63, 3.8) is 0 Å². The summed E-state index contributed by atoms with van der Waals surface area (Å²) in [7, 11) is -3.78. The van der Waals surface area contributed by atoms with Crippen molar-refractivity contribution < 1.29 is 27.9 Å². The van der Waals surface area contributed by atoms with E-state index in [1.54, 1.807) is 0 Å². The zero-order chi connectivity index (χ0) is 24.2. The van der Waals surface area contributed by atoms with Crippen LogP contribution in [0.5, 0.6) is 0 Å². The van der Waals surface area contributed by atoms with E-state index in [1.807, 2.05) is 13.8 Å². The van der Waals surface area contributed by atoms with Crippen molar-refractivity contribution in [3.05, 3.63) is 34.7 Å². The number of fused-ring (bicyclic) bond motifs is 1. The highest BCUT2D eigenvalue weighted by atomic mass is 32.2. The Balaban J connectivity index is 1.50. The lowest BCUT2D eigenvalue weighted by Crippen LogP contribution is -2.25. The molecular weight excluding hydrogens is 488 g/mol. The van der Waals surface area contributed by atoms with E-state index in [9.17, 15) is 22.8 Å². The molecule has 1 unspecified atom stereocenters. The summed E-state index contributed by atoms with van der Waals surface area (Å²) in [5, 5.41) is 12.2. The number of carboxylic acid groups (broad SMARTS) is 1. The van der Waals surface area contributed by atoms with Crippen molar-refractivity contribution in [2.24, 2.45) is 15.9 Å². The van der Waals surface area contributed by atoms with E-state index in [2.05, 4.69) is 20.0 Å². The highest BCUT2D eigenvalue weighted by Crippen LogP contribution is 2.40. The number of allylic oxidation sites excluding steroid dienone is 1. The minimum atomic E-state index is -3.78. The first-order chi connectivity index (χ1) is 15.6. The number of hydrogen-bond acceptors (Lipinski definition) is 8. The first-order valence-corrected chi connectivity index (χ1v) is 13.2. The smallest absolute Gasteiger partial charge is 0.303 e. The van der Waals surface area contributed by atoms with Crippen molar-refractivity contribution in [3.8, 4) is 0 Å². The number of carbonyl (C=O) groups is 3. The predicted molar refractivity (Wildman–Crippen MR) is 129 cm³/mol. The molecule has 0 aliphatic carbocycles. The van der Waals surface area contributed by atoms with E-state index in [0.717, 1.165) is 22.2 Å². The lowest BCUT2D eigenvalue weighted by molar-refractivity contribution is -0.137. The van der Waals surface area contributed by atoms with E-state index < -0.39 is 21.9 Å². The molecule has 33 heavy (non-hydrogen) atoms. The van der Waals surface area contributed by atoms with Crippen molar-refractivity contribution in [1.82, 2.24) is 4.72 Å².